The maximum Gasteiger partial charge on any atom is 0.337 e. The first-order valence-corrected chi connectivity index (χ1v) is 8.74. The number of anilines is 2. The molecule has 1 aliphatic rings. The molecular weight excluding hydrogens is 350 g/mol. The molecule has 0 unspecified atom stereocenters. The van der Waals surface area contributed by atoms with Gasteiger partial charge in [-0.05, 0) is 30.7 Å². The van der Waals surface area contributed by atoms with Crippen LogP contribution in [0.4, 0.5) is 11.4 Å². The van der Waals surface area contributed by atoms with Crippen molar-refractivity contribution in [3.8, 4) is 0 Å². The zero-order chi connectivity index (χ0) is 17.6. The molecule has 1 saturated heterocycles. The molecule has 0 bridgehead atoms. The summed E-state index contributed by atoms with van der Waals surface area (Å²) in [5.41, 5.74) is 3.33. The van der Waals surface area contributed by atoms with E-state index in [9.17, 15) is 9.90 Å². The van der Waals surface area contributed by atoms with Crippen molar-refractivity contribution in [2.24, 2.45) is 0 Å². The number of rotatable bonds is 6. The number of halogens is 1. The number of hydrogen-bond donors (Lipinski definition) is 2. The lowest BCUT2D eigenvalue weighted by Gasteiger charge is -2.36. The first-order chi connectivity index (χ1) is 12.1. The number of carboxylic acids is 1. The minimum atomic E-state index is -0.886. The summed E-state index contributed by atoms with van der Waals surface area (Å²) in [5, 5.41) is 12.6. The average molecular weight is 376 g/mol. The van der Waals surface area contributed by atoms with Gasteiger partial charge in [0.25, 0.3) is 0 Å². The van der Waals surface area contributed by atoms with Crippen LogP contribution in [0.25, 0.3) is 0 Å². The molecule has 6 heteroatoms. The third-order valence-corrected chi connectivity index (χ3v) is 4.73. The molecular formula is C20H26ClN3O2. The lowest BCUT2D eigenvalue weighted by atomic mass is 10.1. The minimum Gasteiger partial charge on any atom is -0.478 e. The molecule has 2 aromatic carbocycles. The van der Waals surface area contributed by atoms with E-state index in [0.29, 0.717) is 5.56 Å². The van der Waals surface area contributed by atoms with Gasteiger partial charge in [-0.15, -0.1) is 12.4 Å². The van der Waals surface area contributed by atoms with Crippen molar-refractivity contribution >= 4 is 29.8 Å². The van der Waals surface area contributed by atoms with E-state index >= 15 is 0 Å². The van der Waals surface area contributed by atoms with Gasteiger partial charge in [-0.2, -0.15) is 0 Å². The standard InChI is InChI=1S/C20H25N3O2.ClH/c1-16-6-5-9-18(20(24)25)19(16)21-10-11-22-12-14-23(15-13-22)17-7-3-2-4-8-17;/h2-9,21H,10-15H2,1H3,(H,24,25);1H. The summed E-state index contributed by atoms with van der Waals surface area (Å²) in [6.45, 7) is 7.69. The first kappa shape index (κ1) is 20.1. The van der Waals surface area contributed by atoms with Gasteiger partial charge < -0.3 is 15.3 Å². The Balaban J connectivity index is 0.00000243. The summed E-state index contributed by atoms with van der Waals surface area (Å²) >= 11 is 0. The third kappa shape index (κ3) is 4.90. The number of carboxylic acid groups (broad SMARTS) is 1. The molecule has 1 heterocycles. The molecule has 3 rings (SSSR count). The number of benzene rings is 2. The predicted octanol–water partition coefficient (Wildman–Crippen LogP) is 3.35. The van der Waals surface area contributed by atoms with Crippen molar-refractivity contribution in [1.29, 1.82) is 0 Å². The minimum absolute atomic E-state index is 0. The molecule has 26 heavy (non-hydrogen) atoms. The Kier molecular flexibility index (Phi) is 7.30. The molecule has 2 aromatic rings. The maximum absolute atomic E-state index is 11.4. The second kappa shape index (κ2) is 9.46. The Morgan fingerprint density at radius 3 is 2.38 bits per heavy atom. The van der Waals surface area contributed by atoms with Crippen molar-refractivity contribution in [3.63, 3.8) is 0 Å². The maximum atomic E-state index is 11.4. The number of hydrogen-bond acceptors (Lipinski definition) is 4. The molecule has 0 saturated carbocycles. The Labute approximate surface area is 161 Å². The van der Waals surface area contributed by atoms with E-state index in [2.05, 4.69) is 39.4 Å². The Bertz CT molecular complexity index is 716. The molecule has 0 atom stereocenters. The van der Waals surface area contributed by atoms with E-state index in [0.717, 1.165) is 50.5 Å². The van der Waals surface area contributed by atoms with Crippen LogP contribution in [-0.4, -0.2) is 55.2 Å². The summed E-state index contributed by atoms with van der Waals surface area (Å²) in [4.78, 5) is 16.2. The number of aromatic carboxylic acids is 1. The smallest absolute Gasteiger partial charge is 0.337 e. The van der Waals surface area contributed by atoms with Gasteiger partial charge in [-0.3, -0.25) is 4.90 Å². The highest BCUT2D eigenvalue weighted by atomic mass is 35.5. The van der Waals surface area contributed by atoms with Crippen molar-refractivity contribution in [2.45, 2.75) is 6.92 Å². The van der Waals surface area contributed by atoms with Crippen molar-refractivity contribution in [2.75, 3.05) is 49.5 Å². The molecule has 5 nitrogen and oxygen atoms in total. The first-order valence-electron chi connectivity index (χ1n) is 8.74. The highest BCUT2D eigenvalue weighted by Crippen LogP contribution is 2.20. The number of carbonyl (C=O) groups is 1. The number of para-hydroxylation sites is 2. The van der Waals surface area contributed by atoms with Crippen LogP contribution < -0.4 is 10.2 Å². The summed E-state index contributed by atoms with van der Waals surface area (Å²) in [5.74, 6) is -0.886. The molecule has 140 valence electrons. The highest BCUT2D eigenvalue weighted by Gasteiger charge is 2.17. The van der Waals surface area contributed by atoms with Crippen LogP contribution >= 0.6 is 12.4 Å². The number of aryl methyl sites for hydroxylation is 1. The van der Waals surface area contributed by atoms with Crippen molar-refractivity contribution in [3.05, 3.63) is 59.7 Å². The van der Waals surface area contributed by atoms with Crippen molar-refractivity contribution in [1.82, 2.24) is 4.90 Å². The summed E-state index contributed by atoms with van der Waals surface area (Å²) in [6, 6.07) is 15.9. The van der Waals surface area contributed by atoms with Crippen LogP contribution in [0.2, 0.25) is 0 Å². The zero-order valence-electron chi connectivity index (χ0n) is 15.0. The number of nitrogens with zero attached hydrogens (tertiary/aromatic N) is 2. The van der Waals surface area contributed by atoms with E-state index in [1.165, 1.54) is 5.69 Å². The fourth-order valence-electron chi connectivity index (χ4n) is 3.29. The van der Waals surface area contributed by atoms with Crippen LogP contribution in [-0.2, 0) is 0 Å². The Morgan fingerprint density at radius 1 is 1.04 bits per heavy atom. The van der Waals surface area contributed by atoms with Gasteiger partial charge in [0.05, 0.1) is 11.3 Å². The topological polar surface area (TPSA) is 55.8 Å². The van der Waals surface area contributed by atoms with Crippen LogP contribution in [0, 0.1) is 6.92 Å². The lowest BCUT2D eigenvalue weighted by Crippen LogP contribution is -2.47. The van der Waals surface area contributed by atoms with E-state index in [4.69, 9.17) is 0 Å². The van der Waals surface area contributed by atoms with Gasteiger partial charge in [-0.1, -0.05) is 30.3 Å². The molecule has 2 N–H and O–H groups in total. The van der Waals surface area contributed by atoms with E-state index in [-0.39, 0.29) is 12.4 Å². The van der Waals surface area contributed by atoms with Gasteiger partial charge in [0, 0.05) is 45.0 Å². The molecule has 0 amide bonds. The Morgan fingerprint density at radius 2 is 1.73 bits per heavy atom. The SMILES string of the molecule is Cc1cccc(C(=O)O)c1NCCN1CCN(c2ccccc2)CC1.Cl. The molecule has 0 spiro atoms. The molecule has 0 aliphatic carbocycles. The molecule has 1 fully saturated rings. The number of nitrogens with one attached hydrogen (secondary N) is 1. The quantitative estimate of drug-likeness (QED) is 0.810. The predicted molar refractivity (Wildman–Crippen MR) is 109 cm³/mol. The fraction of sp³-hybridized carbons (Fsp3) is 0.350. The normalized spacial score (nSPS) is 14.6. The third-order valence-electron chi connectivity index (χ3n) is 4.73. The average Bonchev–Trinajstić information content (AvgIpc) is 2.64. The largest absolute Gasteiger partial charge is 0.478 e. The number of piperazine rings is 1. The summed E-state index contributed by atoms with van der Waals surface area (Å²) in [6.07, 6.45) is 0. The molecule has 0 aromatic heterocycles. The van der Waals surface area contributed by atoms with Crippen LogP contribution in [0.5, 0.6) is 0 Å². The van der Waals surface area contributed by atoms with Gasteiger partial charge in [0.1, 0.15) is 0 Å². The van der Waals surface area contributed by atoms with E-state index < -0.39 is 5.97 Å². The lowest BCUT2D eigenvalue weighted by molar-refractivity contribution is 0.0698. The van der Waals surface area contributed by atoms with E-state index in [1.54, 1.807) is 12.1 Å². The summed E-state index contributed by atoms with van der Waals surface area (Å²) in [7, 11) is 0. The molecule has 0 radical (unpaired) electrons. The monoisotopic (exact) mass is 375 g/mol. The van der Waals surface area contributed by atoms with Crippen LogP contribution in [0.15, 0.2) is 48.5 Å². The van der Waals surface area contributed by atoms with Gasteiger partial charge in [-0.25, -0.2) is 4.79 Å². The van der Waals surface area contributed by atoms with Gasteiger partial charge in [0.2, 0.25) is 0 Å². The Hall–Kier alpha value is -2.24. The fourth-order valence-corrected chi connectivity index (χ4v) is 3.29. The highest BCUT2D eigenvalue weighted by molar-refractivity contribution is 5.95. The van der Waals surface area contributed by atoms with Crippen LogP contribution in [0.3, 0.4) is 0 Å². The molecule has 1 aliphatic heterocycles. The second-order valence-corrected chi connectivity index (χ2v) is 6.39. The second-order valence-electron chi connectivity index (χ2n) is 6.39. The summed E-state index contributed by atoms with van der Waals surface area (Å²) < 4.78 is 0. The zero-order valence-corrected chi connectivity index (χ0v) is 15.8. The van der Waals surface area contributed by atoms with Gasteiger partial charge in [0.15, 0.2) is 0 Å². The van der Waals surface area contributed by atoms with E-state index in [1.807, 2.05) is 19.1 Å². The van der Waals surface area contributed by atoms with Crippen molar-refractivity contribution < 1.29 is 9.90 Å². The van der Waals surface area contributed by atoms with Crippen LogP contribution in [0.1, 0.15) is 15.9 Å². The van der Waals surface area contributed by atoms with Gasteiger partial charge >= 0.3 is 5.97 Å².